The second-order valence-electron chi connectivity index (χ2n) is 4.36. The standard InChI is InChI=1S/C12H19N5/c1-3-4-5-9(2)15-11-12-14-6-7-17(12)8-10(13)16-11/h6-9H,3-5,13H2,1-2H3,(H,15,16). The lowest BCUT2D eigenvalue weighted by molar-refractivity contribution is 0.643. The Labute approximate surface area is 101 Å². The Hall–Kier alpha value is -1.78. The van der Waals surface area contributed by atoms with Crippen molar-refractivity contribution in [2.75, 3.05) is 11.1 Å². The molecule has 3 N–H and O–H groups in total. The van der Waals surface area contributed by atoms with Crippen LogP contribution in [0.15, 0.2) is 18.6 Å². The highest BCUT2D eigenvalue weighted by molar-refractivity contribution is 5.65. The topological polar surface area (TPSA) is 68.2 Å². The lowest BCUT2D eigenvalue weighted by Crippen LogP contribution is -2.17. The molecule has 0 fully saturated rings. The molecule has 0 aliphatic carbocycles. The van der Waals surface area contributed by atoms with E-state index in [0.717, 1.165) is 17.9 Å². The molecule has 5 nitrogen and oxygen atoms in total. The number of imidazole rings is 1. The van der Waals surface area contributed by atoms with Crippen molar-refractivity contribution in [3.05, 3.63) is 18.6 Å². The number of hydrogen-bond acceptors (Lipinski definition) is 4. The zero-order valence-electron chi connectivity index (χ0n) is 10.3. The molecule has 0 aliphatic rings. The molecule has 2 rings (SSSR count). The molecule has 0 bridgehead atoms. The van der Waals surface area contributed by atoms with Gasteiger partial charge in [-0.05, 0) is 13.3 Å². The van der Waals surface area contributed by atoms with Gasteiger partial charge in [0.2, 0.25) is 0 Å². The molecule has 1 unspecified atom stereocenters. The summed E-state index contributed by atoms with van der Waals surface area (Å²) >= 11 is 0. The number of hydrogen-bond donors (Lipinski definition) is 2. The number of nitrogen functional groups attached to an aromatic ring is 1. The summed E-state index contributed by atoms with van der Waals surface area (Å²) in [5, 5.41) is 3.37. The fraction of sp³-hybridized carbons (Fsp3) is 0.500. The summed E-state index contributed by atoms with van der Waals surface area (Å²) in [4.78, 5) is 8.58. The molecule has 0 saturated heterocycles. The van der Waals surface area contributed by atoms with Crippen molar-refractivity contribution in [1.29, 1.82) is 0 Å². The minimum Gasteiger partial charge on any atom is -0.382 e. The van der Waals surface area contributed by atoms with E-state index in [1.165, 1.54) is 12.8 Å². The summed E-state index contributed by atoms with van der Waals surface area (Å²) in [6, 6.07) is 0.379. The van der Waals surface area contributed by atoms with Crippen LogP contribution in [0.2, 0.25) is 0 Å². The first-order valence-electron chi connectivity index (χ1n) is 6.06. The minimum atomic E-state index is 0.379. The number of nitrogens with two attached hydrogens (primary N) is 1. The highest BCUT2D eigenvalue weighted by Crippen LogP contribution is 2.16. The molecule has 2 aromatic rings. The van der Waals surface area contributed by atoms with Crippen LogP contribution in [-0.2, 0) is 0 Å². The zero-order chi connectivity index (χ0) is 12.3. The summed E-state index contributed by atoms with van der Waals surface area (Å²) < 4.78 is 1.89. The Morgan fingerprint density at radius 3 is 3.12 bits per heavy atom. The molecule has 0 aliphatic heterocycles. The first kappa shape index (κ1) is 11.7. The maximum absolute atomic E-state index is 5.76. The van der Waals surface area contributed by atoms with Crippen LogP contribution in [0.3, 0.4) is 0 Å². The molecule has 92 valence electrons. The average molecular weight is 233 g/mol. The lowest BCUT2D eigenvalue weighted by atomic mass is 10.1. The van der Waals surface area contributed by atoms with Gasteiger partial charge in [0.25, 0.3) is 0 Å². The van der Waals surface area contributed by atoms with Gasteiger partial charge in [0, 0.05) is 18.4 Å². The van der Waals surface area contributed by atoms with Crippen LogP contribution in [0.25, 0.3) is 5.65 Å². The predicted molar refractivity (Wildman–Crippen MR) is 70.0 cm³/mol. The Morgan fingerprint density at radius 1 is 1.53 bits per heavy atom. The van der Waals surface area contributed by atoms with Crippen molar-refractivity contribution in [3.63, 3.8) is 0 Å². The van der Waals surface area contributed by atoms with Gasteiger partial charge in [0.1, 0.15) is 5.82 Å². The van der Waals surface area contributed by atoms with E-state index < -0.39 is 0 Å². The van der Waals surface area contributed by atoms with Crippen LogP contribution in [0.1, 0.15) is 33.1 Å². The van der Waals surface area contributed by atoms with Crippen LogP contribution in [0, 0.1) is 0 Å². The molecule has 0 radical (unpaired) electrons. The van der Waals surface area contributed by atoms with E-state index in [2.05, 4.69) is 29.1 Å². The molecule has 1 atom stereocenters. The SMILES string of the molecule is CCCCC(C)Nc1nc(N)cn2ccnc12. The number of unbranched alkanes of at least 4 members (excludes halogenated alkanes) is 1. The normalized spacial score (nSPS) is 12.8. The van der Waals surface area contributed by atoms with Gasteiger partial charge >= 0.3 is 0 Å². The van der Waals surface area contributed by atoms with Crippen molar-refractivity contribution in [1.82, 2.24) is 14.4 Å². The predicted octanol–water partition coefficient (Wildman–Crippen LogP) is 2.30. The third-order valence-corrected chi connectivity index (χ3v) is 2.77. The van der Waals surface area contributed by atoms with E-state index in [-0.39, 0.29) is 0 Å². The Kier molecular flexibility index (Phi) is 3.46. The van der Waals surface area contributed by atoms with Crippen LogP contribution >= 0.6 is 0 Å². The number of aromatic nitrogens is 3. The molecule has 17 heavy (non-hydrogen) atoms. The van der Waals surface area contributed by atoms with Gasteiger partial charge in [-0.25, -0.2) is 9.97 Å². The fourth-order valence-corrected chi connectivity index (χ4v) is 1.86. The minimum absolute atomic E-state index is 0.379. The maximum Gasteiger partial charge on any atom is 0.180 e. The van der Waals surface area contributed by atoms with Gasteiger partial charge in [-0.1, -0.05) is 19.8 Å². The van der Waals surface area contributed by atoms with Crippen molar-refractivity contribution in [2.45, 2.75) is 39.2 Å². The van der Waals surface area contributed by atoms with Gasteiger partial charge in [0.15, 0.2) is 11.5 Å². The van der Waals surface area contributed by atoms with Gasteiger partial charge in [-0.2, -0.15) is 0 Å². The van der Waals surface area contributed by atoms with Crippen molar-refractivity contribution < 1.29 is 0 Å². The number of nitrogens with one attached hydrogen (secondary N) is 1. The molecule has 0 saturated carbocycles. The van der Waals surface area contributed by atoms with Gasteiger partial charge in [-0.15, -0.1) is 0 Å². The van der Waals surface area contributed by atoms with Crippen LogP contribution in [0.5, 0.6) is 0 Å². The summed E-state index contributed by atoms with van der Waals surface area (Å²) in [7, 11) is 0. The number of rotatable bonds is 5. The van der Waals surface area contributed by atoms with Crippen molar-refractivity contribution >= 4 is 17.3 Å². The molecule has 2 heterocycles. The Morgan fingerprint density at radius 2 is 2.35 bits per heavy atom. The molecule has 0 spiro atoms. The van der Waals surface area contributed by atoms with Crippen molar-refractivity contribution in [3.8, 4) is 0 Å². The summed E-state index contributed by atoms with van der Waals surface area (Å²) in [6.07, 6.45) is 8.92. The Bertz CT molecular complexity index is 491. The highest BCUT2D eigenvalue weighted by Gasteiger charge is 2.08. The van der Waals surface area contributed by atoms with E-state index in [9.17, 15) is 0 Å². The Balaban J connectivity index is 2.19. The summed E-state index contributed by atoms with van der Waals surface area (Å²) in [6.45, 7) is 4.35. The summed E-state index contributed by atoms with van der Waals surface area (Å²) in [5.41, 5.74) is 6.58. The second-order valence-corrected chi connectivity index (χ2v) is 4.36. The molecule has 2 aromatic heterocycles. The van der Waals surface area contributed by atoms with E-state index in [1.54, 1.807) is 12.4 Å². The number of fused-ring (bicyclic) bond motifs is 1. The van der Waals surface area contributed by atoms with E-state index >= 15 is 0 Å². The number of nitrogens with zero attached hydrogens (tertiary/aromatic N) is 3. The van der Waals surface area contributed by atoms with Gasteiger partial charge in [-0.3, -0.25) is 0 Å². The van der Waals surface area contributed by atoms with E-state index in [4.69, 9.17) is 5.73 Å². The smallest absolute Gasteiger partial charge is 0.180 e. The zero-order valence-corrected chi connectivity index (χ0v) is 10.3. The largest absolute Gasteiger partial charge is 0.382 e. The highest BCUT2D eigenvalue weighted by atomic mass is 15.1. The first-order chi connectivity index (χ1) is 8.20. The molecular weight excluding hydrogens is 214 g/mol. The summed E-state index contributed by atoms with van der Waals surface area (Å²) in [5.74, 6) is 1.26. The van der Waals surface area contributed by atoms with Crippen LogP contribution in [0.4, 0.5) is 11.6 Å². The van der Waals surface area contributed by atoms with Crippen molar-refractivity contribution in [2.24, 2.45) is 0 Å². The number of anilines is 2. The average Bonchev–Trinajstić information content (AvgIpc) is 2.74. The molecule has 0 aromatic carbocycles. The van der Waals surface area contributed by atoms with Gasteiger partial charge in [0.05, 0.1) is 6.20 Å². The third kappa shape index (κ3) is 2.67. The van der Waals surface area contributed by atoms with Crippen LogP contribution < -0.4 is 11.1 Å². The first-order valence-corrected chi connectivity index (χ1v) is 6.06. The van der Waals surface area contributed by atoms with E-state index in [0.29, 0.717) is 11.9 Å². The fourth-order valence-electron chi connectivity index (χ4n) is 1.86. The lowest BCUT2D eigenvalue weighted by Gasteiger charge is -2.14. The molecular formula is C12H19N5. The van der Waals surface area contributed by atoms with E-state index in [1.807, 2.05) is 10.6 Å². The molecule has 5 heteroatoms. The third-order valence-electron chi connectivity index (χ3n) is 2.77. The quantitative estimate of drug-likeness (QED) is 0.831. The molecule has 0 amide bonds. The monoisotopic (exact) mass is 233 g/mol. The second kappa shape index (κ2) is 5.03. The van der Waals surface area contributed by atoms with Gasteiger partial charge < -0.3 is 15.5 Å². The maximum atomic E-state index is 5.76. The van der Waals surface area contributed by atoms with Crippen LogP contribution in [-0.4, -0.2) is 20.4 Å².